The normalized spacial score (nSPS) is 22.0. The van der Waals surface area contributed by atoms with E-state index in [0.29, 0.717) is 11.4 Å². The van der Waals surface area contributed by atoms with E-state index < -0.39 is 18.1 Å². The molecule has 168 valence electrons. The molecule has 0 unspecified atom stereocenters. The molecule has 3 atom stereocenters. The quantitative estimate of drug-likeness (QED) is 0.559. The van der Waals surface area contributed by atoms with E-state index in [2.05, 4.69) is 0 Å². The molecular weight excluding hydrogens is 418 g/mol. The van der Waals surface area contributed by atoms with Gasteiger partial charge >= 0.3 is 0 Å². The standard InChI is InChI=1S/C26H25N3O4/c1-27(2)18-15-13-17(14-16-18)23-22-24(33-29(23)19-9-5-4-6-10-19)26(31)28(25(22)30)20-11-7-8-12-21(20)32-3/h4-16,22-24H,1-3H3/t22-,23+,24-/m1/s1. The van der Waals surface area contributed by atoms with Crippen molar-refractivity contribution in [2.24, 2.45) is 5.92 Å². The van der Waals surface area contributed by atoms with Crippen LogP contribution in [0, 0.1) is 5.92 Å². The highest BCUT2D eigenvalue weighted by atomic mass is 16.7. The van der Waals surface area contributed by atoms with E-state index in [1.54, 1.807) is 29.3 Å². The van der Waals surface area contributed by atoms with Crippen molar-refractivity contribution >= 4 is 28.9 Å². The lowest BCUT2D eigenvalue weighted by molar-refractivity contribution is -0.126. The fraction of sp³-hybridized carbons (Fsp3) is 0.231. The van der Waals surface area contributed by atoms with Crippen LogP contribution in [0.4, 0.5) is 17.1 Å². The Morgan fingerprint density at radius 3 is 2.18 bits per heavy atom. The van der Waals surface area contributed by atoms with Crippen LogP contribution in [0.2, 0.25) is 0 Å². The van der Waals surface area contributed by atoms with E-state index in [1.165, 1.54) is 12.0 Å². The van der Waals surface area contributed by atoms with Crippen molar-refractivity contribution in [1.82, 2.24) is 0 Å². The Labute approximate surface area is 192 Å². The highest BCUT2D eigenvalue weighted by Crippen LogP contribution is 2.48. The van der Waals surface area contributed by atoms with Crippen molar-refractivity contribution in [1.29, 1.82) is 0 Å². The van der Waals surface area contributed by atoms with Gasteiger partial charge < -0.3 is 9.64 Å². The summed E-state index contributed by atoms with van der Waals surface area (Å²) in [4.78, 5) is 36.6. The van der Waals surface area contributed by atoms with Gasteiger partial charge in [0.2, 0.25) is 5.91 Å². The first-order valence-electron chi connectivity index (χ1n) is 10.8. The van der Waals surface area contributed by atoms with E-state index in [9.17, 15) is 9.59 Å². The zero-order chi connectivity index (χ0) is 23.1. The van der Waals surface area contributed by atoms with Crippen LogP contribution in [0.1, 0.15) is 11.6 Å². The monoisotopic (exact) mass is 443 g/mol. The molecule has 2 fully saturated rings. The van der Waals surface area contributed by atoms with Gasteiger partial charge in [0.05, 0.1) is 24.5 Å². The SMILES string of the molecule is COc1ccccc1N1C(=O)[C@H]2[C@@H](ON(c3ccccc3)[C@H]2c2ccc(N(C)C)cc2)C1=O. The predicted octanol–water partition coefficient (Wildman–Crippen LogP) is 3.81. The summed E-state index contributed by atoms with van der Waals surface area (Å²) in [6.07, 6.45) is -0.916. The number of carbonyl (C=O) groups is 2. The minimum Gasteiger partial charge on any atom is -0.495 e. The molecule has 2 heterocycles. The zero-order valence-electron chi connectivity index (χ0n) is 18.7. The molecule has 0 spiro atoms. The van der Waals surface area contributed by atoms with Crippen LogP contribution in [0.25, 0.3) is 0 Å². The molecule has 5 rings (SSSR count). The number of amides is 2. The average molecular weight is 444 g/mol. The van der Waals surface area contributed by atoms with Gasteiger partial charge in [0.1, 0.15) is 11.7 Å². The summed E-state index contributed by atoms with van der Waals surface area (Å²) in [5.74, 6) is -0.906. The number of hydrogen-bond donors (Lipinski definition) is 0. The Bertz CT molecular complexity index is 1180. The van der Waals surface area contributed by atoms with Crippen LogP contribution in [-0.2, 0) is 14.4 Å². The van der Waals surface area contributed by atoms with Crippen molar-refractivity contribution in [3.63, 3.8) is 0 Å². The molecule has 0 aromatic heterocycles. The summed E-state index contributed by atoms with van der Waals surface area (Å²) in [5.41, 5.74) is 3.17. The first-order valence-corrected chi connectivity index (χ1v) is 10.8. The fourth-order valence-electron chi connectivity index (χ4n) is 4.57. The van der Waals surface area contributed by atoms with E-state index >= 15 is 0 Å². The largest absolute Gasteiger partial charge is 0.495 e. The number of nitrogens with zero attached hydrogens (tertiary/aromatic N) is 3. The molecule has 2 aliphatic heterocycles. The molecule has 3 aromatic rings. The molecule has 3 aromatic carbocycles. The third-order valence-electron chi connectivity index (χ3n) is 6.20. The molecule has 2 aliphatic rings. The lowest BCUT2D eigenvalue weighted by Crippen LogP contribution is -2.37. The molecule has 0 saturated carbocycles. The first-order chi connectivity index (χ1) is 16.0. The fourth-order valence-corrected chi connectivity index (χ4v) is 4.57. The highest BCUT2D eigenvalue weighted by molar-refractivity contribution is 6.24. The molecule has 0 aliphatic carbocycles. The van der Waals surface area contributed by atoms with Crippen molar-refractivity contribution < 1.29 is 19.2 Å². The lowest BCUT2D eigenvalue weighted by atomic mass is 9.90. The number of imide groups is 1. The Kier molecular flexibility index (Phi) is 5.26. The maximum atomic E-state index is 13.7. The van der Waals surface area contributed by atoms with Crippen molar-refractivity contribution in [3.05, 3.63) is 84.4 Å². The van der Waals surface area contributed by atoms with Gasteiger partial charge in [0.15, 0.2) is 6.10 Å². The molecule has 0 N–H and O–H groups in total. The molecule has 7 heteroatoms. The van der Waals surface area contributed by atoms with Gasteiger partial charge in [-0.3, -0.25) is 14.4 Å². The van der Waals surface area contributed by atoms with Crippen LogP contribution >= 0.6 is 0 Å². The number of hydroxylamine groups is 1. The third kappa shape index (κ3) is 3.41. The number of anilines is 3. The Balaban J connectivity index is 1.58. The minimum absolute atomic E-state index is 0.297. The number of methoxy groups -OCH3 is 1. The summed E-state index contributed by atoms with van der Waals surface area (Å²) >= 11 is 0. The number of rotatable bonds is 5. The first kappa shape index (κ1) is 21.0. The van der Waals surface area contributed by atoms with Gasteiger partial charge in [-0.1, -0.05) is 42.5 Å². The third-order valence-corrected chi connectivity index (χ3v) is 6.20. The second kappa shape index (κ2) is 8.26. The topological polar surface area (TPSA) is 62.3 Å². The van der Waals surface area contributed by atoms with E-state index in [4.69, 9.17) is 9.57 Å². The molecule has 2 saturated heterocycles. The lowest BCUT2D eigenvalue weighted by Gasteiger charge is -2.29. The summed E-state index contributed by atoms with van der Waals surface area (Å²) in [6, 6.07) is 24.1. The van der Waals surface area contributed by atoms with Crippen LogP contribution in [0.3, 0.4) is 0 Å². The maximum absolute atomic E-state index is 13.7. The molecular formula is C26H25N3O4. The minimum atomic E-state index is -0.916. The number of hydrogen-bond acceptors (Lipinski definition) is 6. The van der Waals surface area contributed by atoms with Crippen LogP contribution < -0.4 is 19.6 Å². The second-order valence-corrected chi connectivity index (χ2v) is 8.33. The number of ether oxygens (including phenoxy) is 1. The van der Waals surface area contributed by atoms with Crippen molar-refractivity contribution in [2.75, 3.05) is 36.1 Å². The smallest absolute Gasteiger partial charge is 0.266 e. The van der Waals surface area contributed by atoms with Crippen LogP contribution in [0.15, 0.2) is 78.9 Å². The van der Waals surface area contributed by atoms with Gasteiger partial charge in [-0.25, -0.2) is 9.96 Å². The van der Waals surface area contributed by atoms with Gasteiger partial charge in [-0.15, -0.1) is 0 Å². The van der Waals surface area contributed by atoms with Crippen LogP contribution in [-0.4, -0.2) is 39.1 Å². The highest BCUT2D eigenvalue weighted by Gasteiger charge is 2.60. The Morgan fingerprint density at radius 1 is 0.848 bits per heavy atom. The summed E-state index contributed by atoms with van der Waals surface area (Å²) in [5, 5.41) is 1.70. The van der Waals surface area contributed by atoms with Crippen LogP contribution in [0.5, 0.6) is 5.75 Å². The number of fused-ring (bicyclic) bond motifs is 1. The molecule has 0 radical (unpaired) electrons. The molecule has 2 amide bonds. The van der Waals surface area contributed by atoms with E-state index in [0.717, 1.165) is 16.9 Å². The maximum Gasteiger partial charge on any atom is 0.266 e. The average Bonchev–Trinajstić information content (AvgIpc) is 3.35. The van der Waals surface area contributed by atoms with Crippen molar-refractivity contribution in [2.45, 2.75) is 12.1 Å². The zero-order valence-corrected chi connectivity index (χ0v) is 18.7. The number of carbonyl (C=O) groups excluding carboxylic acids is 2. The van der Waals surface area contributed by atoms with Crippen molar-refractivity contribution in [3.8, 4) is 5.75 Å². The molecule has 7 nitrogen and oxygen atoms in total. The van der Waals surface area contributed by atoms with Gasteiger partial charge in [0, 0.05) is 19.8 Å². The molecule has 33 heavy (non-hydrogen) atoms. The summed E-state index contributed by atoms with van der Waals surface area (Å²) in [6.45, 7) is 0. The Hall–Kier alpha value is -3.84. The Morgan fingerprint density at radius 2 is 1.52 bits per heavy atom. The summed E-state index contributed by atoms with van der Waals surface area (Å²) < 4.78 is 5.41. The molecule has 0 bridgehead atoms. The van der Waals surface area contributed by atoms with Gasteiger partial charge in [-0.05, 0) is 42.0 Å². The van der Waals surface area contributed by atoms with E-state index in [1.807, 2.05) is 73.6 Å². The summed E-state index contributed by atoms with van der Waals surface area (Å²) in [7, 11) is 5.47. The second-order valence-electron chi connectivity index (χ2n) is 8.33. The number of benzene rings is 3. The van der Waals surface area contributed by atoms with E-state index in [-0.39, 0.29) is 11.8 Å². The van der Waals surface area contributed by atoms with Gasteiger partial charge in [0.25, 0.3) is 5.91 Å². The predicted molar refractivity (Wildman–Crippen MR) is 126 cm³/mol. The van der Waals surface area contributed by atoms with Gasteiger partial charge in [-0.2, -0.15) is 0 Å². The number of para-hydroxylation sites is 3.